The van der Waals surface area contributed by atoms with Crippen LogP contribution in [0, 0.1) is 6.92 Å². The molecule has 1 atom stereocenters. The number of carbonyl (C=O) groups is 1. The maximum Gasteiger partial charge on any atom is 0.262 e. The minimum Gasteiger partial charge on any atom is -0.349 e. The van der Waals surface area contributed by atoms with Crippen LogP contribution in [0.25, 0.3) is 0 Å². The summed E-state index contributed by atoms with van der Waals surface area (Å²) in [6, 6.07) is 10.3. The lowest BCUT2D eigenvalue weighted by atomic mass is 10.0. The molecule has 0 aliphatic heterocycles. The van der Waals surface area contributed by atoms with E-state index in [0.717, 1.165) is 15.8 Å². The third-order valence-electron chi connectivity index (χ3n) is 2.99. The van der Waals surface area contributed by atoms with Gasteiger partial charge in [-0.05, 0) is 58.8 Å². The van der Waals surface area contributed by atoms with E-state index in [2.05, 4.69) is 40.3 Å². The van der Waals surface area contributed by atoms with E-state index in [1.54, 1.807) is 0 Å². The van der Waals surface area contributed by atoms with Gasteiger partial charge in [0.15, 0.2) is 0 Å². The van der Waals surface area contributed by atoms with Crippen LogP contribution >= 0.6 is 27.3 Å². The SMILES string of the molecule is Cc1ccccc1CC(C)NC(=O)c1sccc1Br. The average Bonchev–Trinajstić information content (AvgIpc) is 2.78. The minimum atomic E-state index is -0.0111. The molecule has 0 fully saturated rings. The first-order chi connectivity index (χ1) is 9.08. The number of amides is 1. The molecule has 1 amide bonds. The van der Waals surface area contributed by atoms with Crippen LogP contribution in [0.3, 0.4) is 0 Å². The first-order valence-electron chi connectivity index (χ1n) is 6.16. The van der Waals surface area contributed by atoms with E-state index in [4.69, 9.17) is 0 Å². The van der Waals surface area contributed by atoms with Crippen molar-refractivity contribution >= 4 is 33.2 Å². The summed E-state index contributed by atoms with van der Waals surface area (Å²) in [7, 11) is 0. The summed E-state index contributed by atoms with van der Waals surface area (Å²) < 4.78 is 0.859. The number of aryl methyl sites for hydroxylation is 1. The monoisotopic (exact) mass is 337 g/mol. The highest BCUT2D eigenvalue weighted by Gasteiger charge is 2.14. The fourth-order valence-electron chi connectivity index (χ4n) is 1.97. The van der Waals surface area contributed by atoms with E-state index in [-0.39, 0.29) is 11.9 Å². The Morgan fingerprint density at radius 2 is 2.11 bits per heavy atom. The summed E-state index contributed by atoms with van der Waals surface area (Å²) in [6.45, 7) is 4.13. The first-order valence-corrected chi connectivity index (χ1v) is 7.83. The minimum absolute atomic E-state index is 0.0111. The van der Waals surface area contributed by atoms with E-state index in [0.29, 0.717) is 0 Å². The molecule has 0 bridgehead atoms. The molecule has 0 radical (unpaired) electrons. The van der Waals surface area contributed by atoms with Crippen LogP contribution < -0.4 is 5.32 Å². The molecular formula is C15H16BrNOS. The molecule has 1 heterocycles. The average molecular weight is 338 g/mol. The van der Waals surface area contributed by atoms with Crippen molar-refractivity contribution in [2.24, 2.45) is 0 Å². The van der Waals surface area contributed by atoms with Gasteiger partial charge in [-0.15, -0.1) is 11.3 Å². The third kappa shape index (κ3) is 3.67. The molecule has 0 saturated carbocycles. The van der Waals surface area contributed by atoms with E-state index in [1.165, 1.54) is 22.5 Å². The predicted octanol–water partition coefficient (Wildman–Crippen LogP) is 4.18. The molecule has 1 aromatic heterocycles. The van der Waals surface area contributed by atoms with Gasteiger partial charge in [-0.3, -0.25) is 4.79 Å². The van der Waals surface area contributed by atoms with Gasteiger partial charge >= 0.3 is 0 Å². The van der Waals surface area contributed by atoms with Gasteiger partial charge < -0.3 is 5.32 Å². The molecule has 4 heteroatoms. The van der Waals surface area contributed by atoms with Crippen molar-refractivity contribution in [1.29, 1.82) is 0 Å². The van der Waals surface area contributed by atoms with Crippen LogP contribution in [-0.4, -0.2) is 11.9 Å². The normalized spacial score (nSPS) is 12.2. The van der Waals surface area contributed by atoms with Crippen LogP contribution in [0.1, 0.15) is 27.7 Å². The van der Waals surface area contributed by atoms with Crippen LogP contribution in [0.4, 0.5) is 0 Å². The lowest BCUT2D eigenvalue weighted by Gasteiger charge is -2.15. The Bertz CT molecular complexity index is 579. The van der Waals surface area contributed by atoms with Gasteiger partial charge in [0.05, 0.1) is 0 Å². The smallest absolute Gasteiger partial charge is 0.262 e. The molecule has 1 aromatic carbocycles. The Morgan fingerprint density at radius 1 is 1.37 bits per heavy atom. The lowest BCUT2D eigenvalue weighted by Crippen LogP contribution is -2.33. The van der Waals surface area contributed by atoms with Gasteiger partial charge in [-0.25, -0.2) is 0 Å². The number of carbonyl (C=O) groups excluding carboxylic acids is 1. The first kappa shape index (κ1) is 14.3. The van der Waals surface area contributed by atoms with Crippen molar-refractivity contribution in [2.75, 3.05) is 0 Å². The number of thiophene rings is 1. The summed E-state index contributed by atoms with van der Waals surface area (Å²) >= 11 is 4.84. The van der Waals surface area contributed by atoms with Crippen molar-refractivity contribution < 1.29 is 4.79 Å². The van der Waals surface area contributed by atoms with E-state index >= 15 is 0 Å². The second-order valence-corrected chi connectivity index (χ2v) is 6.37. The Labute approximate surface area is 126 Å². The summed E-state index contributed by atoms with van der Waals surface area (Å²) in [6.07, 6.45) is 0.849. The lowest BCUT2D eigenvalue weighted by molar-refractivity contribution is 0.0943. The topological polar surface area (TPSA) is 29.1 Å². The molecule has 1 unspecified atom stereocenters. The largest absolute Gasteiger partial charge is 0.349 e. The molecule has 0 saturated heterocycles. The standard InChI is InChI=1S/C15H16BrNOS/c1-10-5-3-4-6-12(10)9-11(2)17-15(18)14-13(16)7-8-19-14/h3-8,11H,9H2,1-2H3,(H,17,18). The number of benzene rings is 1. The zero-order valence-electron chi connectivity index (χ0n) is 10.9. The quantitative estimate of drug-likeness (QED) is 0.890. The molecule has 19 heavy (non-hydrogen) atoms. The fourth-order valence-corrected chi connectivity index (χ4v) is 3.42. The van der Waals surface area contributed by atoms with Gasteiger partial charge in [-0.2, -0.15) is 0 Å². The molecule has 2 nitrogen and oxygen atoms in total. The summed E-state index contributed by atoms with van der Waals surface area (Å²) in [5.41, 5.74) is 2.54. The number of hydrogen-bond donors (Lipinski definition) is 1. The van der Waals surface area contributed by atoms with Gasteiger partial charge in [0.1, 0.15) is 4.88 Å². The number of hydrogen-bond acceptors (Lipinski definition) is 2. The molecular weight excluding hydrogens is 322 g/mol. The summed E-state index contributed by atoms with van der Waals surface area (Å²) in [5, 5.41) is 4.95. The predicted molar refractivity (Wildman–Crippen MR) is 83.8 cm³/mol. The Morgan fingerprint density at radius 3 is 2.74 bits per heavy atom. The van der Waals surface area contributed by atoms with Crippen LogP contribution in [0.5, 0.6) is 0 Å². The number of halogens is 1. The number of rotatable bonds is 4. The maximum absolute atomic E-state index is 12.1. The molecule has 2 rings (SSSR count). The highest BCUT2D eigenvalue weighted by atomic mass is 79.9. The van der Waals surface area contributed by atoms with E-state index in [1.807, 2.05) is 30.5 Å². The van der Waals surface area contributed by atoms with Crippen LogP contribution in [0.15, 0.2) is 40.2 Å². The fraction of sp³-hybridized carbons (Fsp3) is 0.267. The molecule has 0 spiro atoms. The van der Waals surface area contributed by atoms with Gasteiger partial charge in [0.25, 0.3) is 5.91 Å². The summed E-state index contributed by atoms with van der Waals surface area (Å²) in [4.78, 5) is 12.8. The van der Waals surface area contributed by atoms with Gasteiger partial charge in [0, 0.05) is 10.5 Å². The molecule has 0 aliphatic rings. The zero-order valence-corrected chi connectivity index (χ0v) is 13.3. The van der Waals surface area contributed by atoms with E-state index in [9.17, 15) is 4.79 Å². The van der Waals surface area contributed by atoms with Crippen molar-refractivity contribution in [3.63, 3.8) is 0 Å². The van der Waals surface area contributed by atoms with Crippen LogP contribution in [-0.2, 0) is 6.42 Å². The van der Waals surface area contributed by atoms with Gasteiger partial charge in [0.2, 0.25) is 0 Å². The Balaban J connectivity index is 1.99. The molecule has 2 aromatic rings. The number of nitrogens with one attached hydrogen (secondary N) is 1. The third-order valence-corrected chi connectivity index (χ3v) is 4.82. The second kappa shape index (κ2) is 6.35. The highest BCUT2D eigenvalue weighted by Crippen LogP contribution is 2.22. The molecule has 1 N–H and O–H groups in total. The molecule has 100 valence electrons. The van der Waals surface area contributed by atoms with Crippen molar-refractivity contribution in [1.82, 2.24) is 5.32 Å². The Hall–Kier alpha value is -1.13. The van der Waals surface area contributed by atoms with Crippen molar-refractivity contribution in [2.45, 2.75) is 26.3 Å². The Kier molecular flexibility index (Phi) is 4.77. The van der Waals surface area contributed by atoms with Crippen molar-refractivity contribution in [3.05, 3.63) is 56.2 Å². The van der Waals surface area contributed by atoms with Crippen molar-refractivity contribution in [3.8, 4) is 0 Å². The highest BCUT2D eigenvalue weighted by molar-refractivity contribution is 9.10. The van der Waals surface area contributed by atoms with Gasteiger partial charge in [-0.1, -0.05) is 24.3 Å². The maximum atomic E-state index is 12.1. The second-order valence-electron chi connectivity index (χ2n) is 4.60. The van der Waals surface area contributed by atoms with E-state index < -0.39 is 0 Å². The zero-order chi connectivity index (χ0) is 13.8. The molecule has 0 aliphatic carbocycles. The van der Waals surface area contributed by atoms with Crippen LogP contribution in [0.2, 0.25) is 0 Å². The summed E-state index contributed by atoms with van der Waals surface area (Å²) in [5.74, 6) is -0.0111.